The third-order valence-corrected chi connectivity index (χ3v) is 3.89. The van der Waals surface area contributed by atoms with Gasteiger partial charge < -0.3 is 4.90 Å². The molecule has 0 unspecified atom stereocenters. The van der Waals surface area contributed by atoms with Crippen molar-refractivity contribution in [2.75, 3.05) is 33.2 Å². The Morgan fingerprint density at radius 1 is 1.10 bits per heavy atom. The van der Waals surface area contributed by atoms with Crippen LogP contribution in [0.2, 0.25) is 0 Å². The minimum atomic E-state index is -0.0182. The first-order chi connectivity index (χ1) is 9.72. The summed E-state index contributed by atoms with van der Waals surface area (Å²) in [6.07, 6.45) is 0. The average molecular weight is 270 g/mol. The fourth-order valence-electron chi connectivity index (χ4n) is 2.54. The van der Waals surface area contributed by atoms with E-state index in [-0.39, 0.29) is 5.91 Å². The Hall–Kier alpha value is -1.91. The lowest BCUT2D eigenvalue weighted by molar-refractivity contribution is -0.884. The minimum absolute atomic E-state index is 0.0182. The zero-order valence-electron chi connectivity index (χ0n) is 11.7. The lowest BCUT2D eigenvalue weighted by Crippen LogP contribution is -3.12. The monoisotopic (exact) mass is 270 g/mol. The second-order valence-corrected chi connectivity index (χ2v) is 5.45. The highest BCUT2D eigenvalue weighted by molar-refractivity contribution is 5.98. The molecule has 1 amide bonds. The maximum absolute atomic E-state index is 12.3. The molecule has 0 spiro atoms. The van der Waals surface area contributed by atoms with Crippen molar-refractivity contribution in [1.82, 2.24) is 10.4 Å². The van der Waals surface area contributed by atoms with E-state index in [0.717, 1.165) is 42.5 Å². The number of fused-ring (bicyclic) bond motifs is 1. The molecule has 4 heteroatoms. The van der Waals surface area contributed by atoms with Gasteiger partial charge in [-0.05, 0) is 22.9 Å². The number of benzene rings is 2. The Balaban J connectivity index is 1.72. The van der Waals surface area contributed by atoms with Crippen molar-refractivity contribution in [1.29, 1.82) is 0 Å². The highest BCUT2D eigenvalue weighted by atomic mass is 16.2. The molecule has 2 N–H and O–H groups in total. The number of nitrogens with one attached hydrogen (secondary N) is 2. The number of rotatable bonds is 2. The Morgan fingerprint density at radius 2 is 1.80 bits per heavy atom. The summed E-state index contributed by atoms with van der Waals surface area (Å²) in [4.78, 5) is 13.8. The van der Waals surface area contributed by atoms with Crippen LogP contribution in [0.1, 0.15) is 10.4 Å². The van der Waals surface area contributed by atoms with Crippen LogP contribution in [0.15, 0.2) is 42.5 Å². The van der Waals surface area contributed by atoms with Gasteiger partial charge in [0.2, 0.25) is 0 Å². The molecule has 0 radical (unpaired) electrons. The van der Waals surface area contributed by atoms with Crippen LogP contribution in [0.25, 0.3) is 10.8 Å². The van der Waals surface area contributed by atoms with Gasteiger partial charge in [0.1, 0.15) is 0 Å². The smallest absolute Gasteiger partial charge is 0.265 e. The number of hydrazine groups is 1. The van der Waals surface area contributed by atoms with Crippen molar-refractivity contribution < 1.29 is 9.69 Å². The van der Waals surface area contributed by atoms with E-state index in [4.69, 9.17) is 0 Å². The van der Waals surface area contributed by atoms with Crippen LogP contribution in [0.4, 0.5) is 0 Å². The summed E-state index contributed by atoms with van der Waals surface area (Å²) in [5, 5.41) is 4.28. The Kier molecular flexibility index (Phi) is 3.67. The molecular formula is C16H20N3O+. The number of carbonyl (C=O) groups excluding carboxylic acids is 1. The largest absolute Gasteiger partial charge is 0.335 e. The molecule has 20 heavy (non-hydrogen) atoms. The predicted octanol–water partition coefficient (Wildman–Crippen LogP) is 0.315. The van der Waals surface area contributed by atoms with Gasteiger partial charge in [0.25, 0.3) is 5.91 Å². The van der Waals surface area contributed by atoms with E-state index in [2.05, 4.69) is 18.5 Å². The summed E-state index contributed by atoms with van der Waals surface area (Å²) in [5.41, 5.74) is 3.72. The van der Waals surface area contributed by atoms with Gasteiger partial charge in [-0.15, -0.1) is 0 Å². The van der Waals surface area contributed by atoms with E-state index < -0.39 is 0 Å². The molecule has 104 valence electrons. The van der Waals surface area contributed by atoms with E-state index in [0.29, 0.717) is 0 Å². The molecule has 1 heterocycles. The topological polar surface area (TPSA) is 36.8 Å². The van der Waals surface area contributed by atoms with Gasteiger partial charge in [-0.2, -0.15) is 0 Å². The van der Waals surface area contributed by atoms with Gasteiger partial charge in [0.15, 0.2) is 0 Å². The van der Waals surface area contributed by atoms with Crippen LogP contribution in [-0.4, -0.2) is 44.1 Å². The third-order valence-electron chi connectivity index (χ3n) is 3.89. The number of hydrogen-bond acceptors (Lipinski definition) is 2. The molecule has 0 atom stereocenters. The normalized spacial score (nSPS) is 17.2. The summed E-state index contributed by atoms with van der Waals surface area (Å²) >= 11 is 0. The van der Waals surface area contributed by atoms with Crippen LogP contribution in [-0.2, 0) is 0 Å². The zero-order chi connectivity index (χ0) is 13.9. The summed E-state index contributed by atoms with van der Waals surface area (Å²) in [7, 11) is 2.18. The molecule has 0 bridgehead atoms. The van der Waals surface area contributed by atoms with Gasteiger partial charge in [-0.1, -0.05) is 30.3 Å². The van der Waals surface area contributed by atoms with Gasteiger partial charge in [0.05, 0.1) is 33.2 Å². The highest BCUT2D eigenvalue weighted by Gasteiger charge is 2.18. The number of quaternary nitrogens is 1. The zero-order valence-corrected chi connectivity index (χ0v) is 11.7. The third kappa shape index (κ3) is 2.81. The highest BCUT2D eigenvalue weighted by Crippen LogP contribution is 2.15. The minimum Gasteiger partial charge on any atom is -0.335 e. The van der Waals surface area contributed by atoms with Crippen molar-refractivity contribution in [2.24, 2.45) is 0 Å². The Morgan fingerprint density at radius 3 is 2.55 bits per heavy atom. The first-order valence-electron chi connectivity index (χ1n) is 7.08. The maximum Gasteiger partial charge on any atom is 0.265 e. The van der Waals surface area contributed by atoms with E-state index in [1.54, 1.807) is 0 Å². The van der Waals surface area contributed by atoms with Gasteiger partial charge in [0, 0.05) is 5.56 Å². The van der Waals surface area contributed by atoms with Gasteiger partial charge in [-0.25, -0.2) is 5.01 Å². The lowest BCUT2D eigenvalue weighted by Gasteiger charge is -2.30. The molecule has 1 saturated heterocycles. The quantitative estimate of drug-likeness (QED) is 0.824. The Labute approximate surface area is 118 Å². The van der Waals surface area contributed by atoms with Crippen LogP contribution in [0.3, 0.4) is 0 Å². The molecule has 0 aliphatic carbocycles. The molecular weight excluding hydrogens is 250 g/mol. The van der Waals surface area contributed by atoms with Crippen molar-refractivity contribution in [3.8, 4) is 0 Å². The second-order valence-electron chi connectivity index (χ2n) is 5.45. The number of hydrogen-bond donors (Lipinski definition) is 2. The summed E-state index contributed by atoms with van der Waals surface area (Å²) in [6.45, 7) is 3.95. The van der Waals surface area contributed by atoms with E-state index >= 15 is 0 Å². The average Bonchev–Trinajstić information content (AvgIpc) is 2.49. The molecule has 1 aliphatic rings. The van der Waals surface area contributed by atoms with Crippen LogP contribution in [0.5, 0.6) is 0 Å². The second kappa shape index (κ2) is 5.61. The number of carbonyl (C=O) groups is 1. The van der Waals surface area contributed by atoms with Crippen molar-refractivity contribution in [3.63, 3.8) is 0 Å². The molecule has 0 aromatic heterocycles. The van der Waals surface area contributed by atoms with E-state index in [1.807, 2.05) is 41.4 Å². The fraction of sp³-hybridized carbons (Fsp3) is 0.312. The fourth-order valence-corrected chi connectivity index (χ4v) is 2.54. The number of nitrogens with zero attached hydrogens (tertiary/aromatic N) is 1. The van der Waals surface area contributed by atoms with Crippen LogP contribution in [0, 0.1) is 0 Å². The standard InChI is InChI=1S/C16H19N3O/c1-18-8-10-19(11-9-18)17-16(20)15-7-6-13-4-2-3-5-14(13)12-15/h2-7,12H,8-11H2,1H3,(H,17,20)/p+1. The Bertz CT molecular complexity index is 618. The lowest BCUT2D eigenvalue weighted by atomic mass is 10.1. The molecule has 2 aromatic carbocycles. The van der Waals surface area contributed by atoms with E-state index in [9.17, 15) is 4.79 Å². The van der Waals surface area contributed by atoms with Gasteiger partial charge in [-0.3, -0.25) is 10.2 Å². The molecule has 1 fully saturated rings. The predicted molar refractivity (Wildman–Crippen MR) is 79.6 cm³/mol. The summed E-state index contributed by atoms with van der Waals surface area (Å²) in [5.74, 6) is -0.0182. The van der Waals surface area contributed by atoms with Crippen molar-refractivity contribution >= 4 is 16.7 Å². The van der Waals surface area contributed by atoms with E-state index in [1.165, 1.54) is 4.90 Å². The maximum atomic E-state index is 12.3. The van der Waals surface area contributed by atoms with Crippen LogP contribution >= 0.6 is 0 Å². The molecule has 0 saturated carbocycles. The summed E-state index contributed by atoms with van der Waals surface area (Å²) < 4.78 is 0. The number of piperazine rings is 1. The summed E-state index contributed by atoms with van der Waals surface area (Å²) in [6, 6.07) is 13.9. The molecule has 3 rings (SSSR count). The van der Waals surface area contributed by atoms with Gasteiger partial charge >= 0.3 is 0 Å². The molecule has 4 nitrogen and oxygen atoms in total. The first-order valence-corrected chi connectivity index (χ1v) is 7.08. The van der Waals surface area contributed by atoms with Crippen LogP contribution < -0.4 is 10.3 Å². The molecule has 1 aliphatic heterocycles. The van der Waals surface area contributed by atoms with Crippen molar-refractivity contribution in [2.45, 2.75) is 0 Å². The number of likely N-dealkylation sites (N-methyl/N-ethyl adjacent to an activating group) is 1. The van der Waals surface area contributed by atoms with Crippen molar-refractivity contribution in [3.05, 3.63) is 48.0 Å². The SMILES string of the molecule is C[NH+]1CCN(NC(=O)c2ccc3ccccc3c2)CC1. The first kappa shape index (κ1) is 13.1. The molecule has 2 aromatic rings. The number of amides is 1.